The molecule has 0 aliphatic carbocycles. The number of rotatable bonds is 4. The minimum Gasteiger partial charge on any atom is -0.247 e. The molecule has 1 aromatic heterocycles. The van der Waals surface area contributed by atoms with Gasteiger partial charge in [-0.2, -0.15) is 0 Å². The number of aromatic nitrogens is 3. The van der Waals surface area contributed by atoms with Crippen LogP contribution in [0.2, 0.25) is 0 Å². The molecule has 0 spiro atoms. The van der Waals surface area contributed by atoms with Crippen LogP contribution in [0.4, 0.5) is 8.78 Å². The summed E-state index contributed by atoms with van der Waals surface area (Å²) in [7, 11) is 1.80. The Morgan fingerprint density at radius 2 is 1.55 bits per heavy atom. The highest BCUT2D eigenvalue weighted by Gasteiger charge is 2.13. The maximum absolute atomic E-state index is 13.1. The smallest absolute Gasteiger partial charge is 0.123 e. The first-order valence-corrected chi connectivity index (χ1v) is 7.65. The monoisotopic (exact) mass is 317 g/mol. The average Bonchev–Trinajstić information content (AvgIpc) is 2.89. The standard InChI is InChI=1S/C16H13F2N3S/c1-21-16(11-2-4-12(17)5-3-11)15(19-20-21)10-22-14-8-6-13(18)7-9-14/h2-9H,10H2,1H3. The lowest BCUT2D eigenvalue weighted by Gasteiger charge is -2.05. The second kappa shape index (κ2) is 6.27. The van der Waals surface area contributed by atoms with Crippen molar-refractivity contribution in [2.75, 3.05) is 0 Å². The SMILES string of the molecule is Cn1nnc(CSc2ccc(F)cc2)c1-c1ccc(F)cc1. The third-order valence-corrected chi connectivity index (χ3v) is 4.23. The summed E-state index contributed by atoms with van der Waals surface area (Å²) in [6.45, 7) is 0. The summed E-state index contributed by atoms with van der Waals surface area (Å²) in [5, 5.41) is 8.21. The van der Waals surface area contributed by atoms with Gasteiger partial charge in [0.05, 0.1) is 5.69 Å². The Kier molecular flexibility index (Phi) is 4.20. The van der Waals surface area contributed by atoms with E-state index < -0.39 is 0 Å². The van der Waals surface area contributed by atoms with Crippen LogP contribution in [-0.2, 0) is 12.8 Å². The molecular formula is C16H13F2N3S. The molecule has 3 nitrogen and oxygen atoms in total. The normalized spacial score (nSPS) is 10.9. The van der Waals surface area contributed by atoms with Crippen molar-refractivity contribution in [3.63, 3.8) is 0 Å². The molecule has 1 heterocycles. The molecule has 0 aliphatic rings. The topological polar surface area (TPSA) is 30.7 Å². The van der Waals surface area contributed by atoms with Gasteiger partial charge in [-0.1, -0.05) is 5.21 Å². The number of hydrogen-bond acceptors (Lipinski definition) is 3. The number of hydrogen-bond donors (Lipinski definition) is 0. The predicted octanol–water partition coefficient (Wildman–Crippen LogP) is 4.05. The number of nitrogens with zero attached hydrogens (tertiary/aromatic N) is 3. The molecule has 112 valence electrons. The maximum Gasteiger partial charge on any atom is 0.123 e. The molecule has 0 fully saturated rings. The van der Waals surface area contributed by atoms with Crippen molar-refractivity contribution in [3.05, 3.63) is 65.9 Å². The number of benzene rings is 2. The van der Waals surface area contributed by atoms with Crippen molar-refractivity contribution in [2.24, 2.45) is 7.05 Å². The molecule has 0 radical (unpaired) electrons. The third kappa shape index (κ3) is 3.17. The largest absolute Gasteiger partial charge is 0.247 e. The van der Waals surface area contributed by atoms with E-state index >= 15 is 0 Å². The molecule has 2 aromatic carbocycles. The molecule has 0 unspecified atom stereocenters. The first-order valence-electron chi connectivity index (χ1n) is 6.66. The zero-order chi connectivity index (χ0) is 15.5. The summed E-state index contributed by atoms with van der Waals surface area (Å²) < 4.78 is 27.6. The summed E-state index contributed by atoms with van der Waals surface area (Å²) in [4.78, 5) is 0.956. The number of halogens is 2. The molecule has 0 amide bonds. The van der Waals surface area contributed by atoms with E-state index in [2.05, 4.69) is 10.3 Å². The molecule has 3 aromatic rings. The van der Waals surface area contributed by atoms with E-state index in [0.29, 0.717) is 5.75 Å². The Balaban J connectivity index is 1.83. The van der Waals surface area contributed by atoms with Crippen LogP contribution in [0.3, 0.4) is 0 Å². The van der Waals surface area contributed by atoms with Crippen LogP contribution in [0.15, 0.2) is 53.4 Å². The lowest BCUT2D eigenvalue weighted by Crippen LogP contribution is -1.95. The van der Waals surface area contributed by atoms with E-state index in [0.717, 1.165) is 21.8 Å². The van der Waals surface area contributed by atoms with Gasteiger partial charge < -0.3 is 0 Å². The maximum atomic E-state index is 13.1. The van der Waals surface area contributed by atoms with Gasteiger partial charge in [0.15, 0.2) is 0 Å². The Labute approximate surface area is 131 Å². The average molecular weight is 317 g/mol. The number of aryl methyl sites for hydroxylation is 1. The molecule has 3 rings (SSSR count). The Morgan fingerprint density at radius 1 is 0.955 bits per heavy atom. The van der Waals surface area contributed by atoms with Gasteiger partial charge in [0.1, 0.15) is 17.3 Å². The van der Waals surface area contributed by atoms with Crippen molar-refractivity contribution in [2.45, 2.75) is 10.6 Å². The van der Waals surface area contributed by atoms with Gasteiger partial charge in [-0.15, -0.1) is 16.9 Å². The van der Waals surface area contributed by atoms with Gasteiger partial charge in [-0.25, -0.2) is 13.5 Å². The van der Waals surface area contributed by atoms with Crippen LogP contribution in [-0.4, -0.2) is 15.0 Å². The zero-order valence-corrected chi connectivity index (χ0v) is 12.6. The molecular weight excluding hydrogens is 304 g/mol. The second-order valence-corrected chi connectivity index (χ2v) is 5.81. The molecule has 0 aliphatic heterocycles. The summed E-state index contributed by atoms with van der Waals surface area (Å²) in [6.07, 6.45) is 0. The van der Waals surface area contributed by atoms with E-state index in [1.807, 2.05) is 0 Å². The lowest BCUT2D eigenvalue weighted by atomic mass is 10.1. The zero-order valence-electron chi connectivity index (χ0n) is 11.8. The lowest BCUT2D eigenvalue weighted by molar-refractivity contribution is 0.626. The van der Waals surface area contributed by atoms with Gasteiger partial charge in [-0.05, 0) is 48.5 Å². The Hall–Kier alpha value is -2.21. The highest BCUT2D eigenvalue weighted by molar-refractivity contribution is 7.98. The molecule has 22 heavy (non-hydrogen) atoms. The van der Waals surface area contributed by atoms with Crippen molar-refractivity contribution in [3.8, 4) is 11.3 Å². The summed E-state index contributed by atoms with van der Waals surface area (Å²) >= 11 is 1.55. The van der Waals surface area contributed by atoms with E-state index in [1.165, 1.54) is 24.3 Å². The van der Waals surface area contributed by atoms with Gasteiger partial charge >= 0.3 is 0 Å². The van der Waals surface area contributed by atoms with Crippen LogP contribution < -0.4 is 0 Å². The highest BCUT2D eigenvalue weighted by atomic mass is 32.2. The minimum atomic E-state index is -0.277. The molecule has 0 bridgehead atoms. The summed E-state index contributed by atoms with van der Waals surface area (Å²) in [5.41, 5.74) is 2.53. The summed E-state index contributed by atoms with van der Waals surface area (Å²) in [5.74, 6) is 0.0728. The van der Waals surface area contributed by atoms with Crippen molar-refractivity contribution in [1.29, 1.82) is 0 Å². The van der Waals surface area contributed by atoms with Gasteiger partial charge in [0, 0.05) is 23.3 Å². The van der Waals surface area contributed by atoms with Crippen LogP contribution in [0.5, 0.6) is 0 Å². The fourth-order valence-corrected chi connectivity index (χ4v) is 2.97. The van der Waals surface area contributed by atoms with Crippen LogP contribution in [0.1, 0.15) is 5.69 Å². The Bertz CT molecular complexity index is 767. The fourth-order valence-electron chi connectivity index (χ4n) is 2.14. The second-order valence-electron chi connectivity index (χ2n) is 4.76. The molecule has 0 saturated carbocycles. The molecule has 6 heteroatoms. The van der Waals surface area contributed by atoms with Crippen LogP contribution in [0, 0.1) is 11.6 Å². The minimum absolute atomic E-state index is 0.254. The van der Waals surface area contributed by atoms with Crippen LogP contribution >= 0.6 is 11.8 Å². The molecule has 0 atom stereocenters. The first-order chi connectivity index (χ1) is 10.6. The van der Waals surface area contributed by atoms with Crippen molar-refractivity contribution in [1.82, 2.24) is 15.0 Å². The quantitative estimate of drug-likeness (QED) is 0.680. The highest BCUT2D eigenvalue weighted by Crippen LogP contribution is 2.28. The third-order valence-electron chi connectivity index (χ3n) is 3.20. The molecule has 0 saturated heterocycles. The number of thioether (sulfide) groups is 1. The summed E-state index contributed by atoms with van der Waals surface area (Å²) in [6, 6.07) is 12.6. The molecule has 0 N–H and O–H groups in total. The van der Waals surface area contributed by atoms with E-state index in [4.69, 9.17) is 0 Å². The van der Waals surface area contributed by atoms with Gasteiger partial charge in [0.2, 0.25) is 0 Å². The van der Waals surface area contributed by atoms with E-state index in [-0.39, 0.29) is 11.6 Å². The van der Waals surface area contributed by atoms with E-state index in [9.17, 15) is 8.78 Å². The van der Waals surface area contributed by atoms with Crippen LogP contribution in [0.25, 0.3) is 11.3 Å². The van der Waals surface area contributed by atoms with Gasteiger partial charge in [0.25, 0.3) is 0 Å². The fraction of sp³-hybridized carbons (Fsp3) is 0.125. The van der Waals surface area contributed by atoms with E-state index in [1.54, 1.807) is 47.8 Å². The first kappa shape index (κ1) is 14.7. The van der Waals surface area contributed by atoms with Crippen molar-refractivity contribution < 1.29 is 8.78 Å². The van der Waals surface area contributed by atoms with Crippen molar-refractivity contribution >= 4 is 11.8 Å². The Morgan fingerprint density at radius 3 is 2.18 bits per heavy atom. The predicted molar refractivity (Wildman–Crippen MR) is 82.4 cm³/mol. The van der Waals surface area contributed by atoms with Gasteiger partial charge in [-0.3, -0.25) is 0 Å².